The molecule has 0 aliphatic rings. The molecule has 152 valence electrons. The number of alkyl halides is 3. The molecule has 2 amide bonds. The highest BCUT2D eigenvalue weighted by molar-refractivity contribution is 6.40. The van der Waals surface area contributed by atoms with Gasteiger partial charge in [-0.15, -0.1) is 0 Å². The predicted molar refractivity (Wildman–Crippen MR) is 94.8 cm³/mol. The number of aromatic amines is 1. The number of benzene rings is 2. The first-order valence-electron chi connectivity index (χ1n) is 8.31. The molecule has 0 bridgehead atoms. The number of halogens is 5. The number of anilines is 1. The third-order valence-electron chi connectivity index (χ3n) is 4.26. The van der Waals surface area contributed by atoms with E-state index in [-0.39, 0.29) is 16.6 Å². The normalized spacial score (nSPS) is 12.6. The lowest BCUT2D eigenvalue weighted by Crippen LogP contribution is -2.36. The van der Waals surface area contributed by atoms with E-state index in [0.29, 0.717) is 5.56 Å². The minimum absolute atomic E-state index is 0.0706. The number of carbonyl (C=O) groups is 2. The number of rotatable bonds is 3. The van der Waals surface area contributed by atoms with Crippen molar-refractivity contribution in [1.82, 2.24) is 10.3 Å². The zero-order valence-corrected chi connectivity index (χ0v) is 14.8. The van der Waals surface area contributed by atoms with Gasteiger partial charge in [-0.3, -0.25) is 9.59 Å². The molecule has 3 N–H and O–H groups in total. The number of hydrogen-bond donors (Lipinski definition) is 3. The van der Waals surface area contributed by atoms with E-state index in [1.54, 1.807) is 0 Å². The lowest BCUT2D eigenvalue weighted by Gasteiger charge is -2.15. The van der Waals surface area contributed by atoms with Crippen LogP contribution in [0.25, 0.3) is 10.9 Å². The zero-order valence-electron chi connectivity index (χ0n) is 14.8. The summed E-state index contributed by atoms with van der Waals surface area (Å²) in [5.41, 5.74) is -0.178. The van der Waals surface area contributed by atoms with Gasteiger partial charge in [-0.1, -0.05) is 12.1 Å². The van der Waals surface area contributed by atoms with Crippen LogP contribution in [-0.2, 0) is 15.8 Å². The zero-order chi connectivity index (χ0) is 21.3. The standard InChI is InChI=1S/C19H14F5N3O2/c1-9(10-2-4-11(5-3-10)19(22,23)24)26-17(28)18(29)27-16-8-25-15-7-14(21)13(20)6-12(15)16/h2-9,25H,1H3,(H,26,28)(H,27,29). The van der Waals surface area contributed by atoms with Crippen molar-refractivity contribution in [2.24, 2.45) is 0 Å². The summed E-state index contributed by atoms with van der Waals surface area (Å²) >= 11 is 0. The lowest BCUT2D eigenvalue weighted by atomic mass is 10.1. The number of hydrogen-bond acceptors (Lipinski definition) is 2. The molecule has 0 saturated heterocycles. The van der Waals surface area contributed by atoms with E-state index in [1.807, 2.05) is 0 Å². The molecule has 0 aliphatic carbocycles. The number of H-pyrrole nitrogens is 1. The Bertz CT molecular complexity index is 1070. The molecule has 10 heteroatoms. The molecule has 0 spiro atoms. The maximum Gasteiger partial charge on any atom is 0.416 e. The lowest BCUT2D eigenvalue weighted by molar-refractivity contribution is -0.137. The van der Waals surface area contributed by atoms with Gasteiger partial charge in [0.1, 0.15) is 0 Å². The molecule has 1 unspecified atom stereocenters. The summed E-state index contributed by atoms with van der Waals surface area (Å²) in [6.07, 6.45) is -3.21. The maximum atomic E-state index is 13.4. The molecular weight excluding hydrogens is 397 g/mol. The Morgan fingerprint density at radius 3 is 2.24 bits per heavy atom. The van der Waals surface area contributed by atoms with E-state index in [0.717, 1.165) is 24.3 Å². The third kappa shape index (κ3) is 4.36. The Kier molecular flexibility index (Phi) is 5.27. The average molecular weight is 411 g/mol. The van der Waals surface area contributed by atoms with E-state index in [1.165, 1.54) is 25.3 Å². The Balaban J connectivity index is 1.68. The Morgan fingerprint density at radius 1 is 1.00 bits per heavy atom. The van der Waals surface area contributed by atoms with Crippen LogP contribution in [0, 0.1) is 11.6 Å². The van der Waals surface area contributed by atoms with Gasteiger partial charge in [-0.05, 0) is 30.7 Å². The molecule has 1 aromatic heterocycles. The second-order valence-electron chi connectivity index (χ2n) is 6.28. The first-order valence-corrected chi connectivity index (χ1v) is 8.31. The van der Waals surface area contributed by atoms with Crippen molar-refractivity contribution >= 4 is 28.4 Å². The van der Waals surface area contributed by atoms with Crippen LogP contribution >= 0.6 is 0 Å². The molecule has 0 saturated carbocycles. The molecule has 5 nitrogen and oxygen atoms in total. The number of nitrogens with one attached hydrogen (secondary N) is 3. The van der Waals surface area contributed by atoms with Crippen molar-refractivity contribution < 1.29 is 31.5 Å². The van der Waals surface area contributed by atoms with Crippen LogP contribution in [0.4, 0.5) is 27.6 Å². The fourth-order valence-electron chi connectivity index (χ4n) is 2.71. The van der Waals surface area contributed by atoms with Crippen LogP contribution in [-0.4, -0.2) is 16.8 Å². The van der Waals surface area contributed by atoms with E-state index >= 15 is 0 Å². The second-order valence-corrected chi connectivity index (χ2v) is 6.28. The smallest absolute Gasteiger partial charge is 0.359 e. The summed E-state index contributed by atoms with van der Waals surface area (Å²) < 4.78 is 64.5. The van der Waals surface area contributed by atoms with Gasteiger partial charge in [0.25, 0.3) is 0 Å². The van der Waals surface area contributed by atoms with Gasteiger partial charge in [0.05, 0.1) is 22.8 Å². The highest BCUT2D eigenvalue weighted by Gasteiger charge is 2.30. The van der Waals surface area contributed by atoms with Gasteiger partial charge in [0.15, 0.2) is 11.6 Å². The summed E-state index contributed by atoms with van der Waals surface area (Å²) in [7, 11) is 0. The van der Waals surface area contributed by atoms with Crippen LogP contribution < -0.4 is 10.6 Å². The average Bonchev–Trinajstić information content (AvgIpc) is 3.03. The summed E-state index contributed by atoms with van der Waals surface area (Å²) in [6, 6.07) is 5.18. The third-order valence-corrected chi connectivity index (χ3v) is 4.26. The second kappa shape index (κ2) is 7.53. The van der Waals surface area contributed by atoms with Crippen LogP contribution in [0.1, 0.15) is 24.1 Å². The SMILES string of the molecule is CC(NC(=O)C(=O)Nc1c[nH]c2cc(F)c(F)cc12)c1ccc(C(F)(F)F)cc1. The number of aromatic nitrogens is 1. The Morgan fingerprint density at radius 2 is 1.62 bits per heavy atom. The molecule has 1 heterocycles. The topological polar surface area (TPSA) is 74.0 Å². The summed E-state index contributed by atoms with van der Waals surface area (Å²) in [4.78, 5) is 26.8. The molecule has 0 radical (unpaired) electrons. The minimum atomic E-state index is -4.48. The van der Waals surface area contributed by atoms with E-state index in [9.17, 15) is 31.5 Å². The fraction of sp³-hybridized carbons (Fsp3) is 0.158. The predicted octanol–water partition coefficient (Wildman–Crippen LogP) is 4.28. The molecule has 1 atom stereocenters. The van der Waals surface area contributed by atoms with Gasteiger partial charge in [0, 0.05) is 17.6 Å². The Labute approximate surface area is 160 Å². The van der Waals surface area contributed by atoms with Gasteiger partial charge in [0.2, 0.25) is 0 Å². The number of amides is 2. The van der Waals surface area contributed by atoms with Crippen molar-refractivity contribution in [3.05, 3.63) is 65.4 Å². The van der Waals surface area contributed by atoms with Gasteiger partial charge in [-0.2, -0.15) is 13.2 Å². The first-order chi connectivity index (χ1) is 13.6. The van der Waals surface area contributed by atoms with Crippen LogP contribution in [0.2, 0.25) is 0 Å². The number of fused-ring (bicyclic) bond motifs is 1. The molecule has 0 fully saturated rings. The number of carbonyl (C=O) groups excluding carboxylic acids is 2. The monoisotopic (exact) mass is 411 g/mol. The molecular formula is C19H14F5N3O2. The minimum Gasteiger partial charge on any atom is -0.359 e. The molecule has 2 aromatic carbocycles. The summed E-state index contributed by atoms with van der Waals surface area (Å²) in [5.74, 6) is -4.31. The summed E-state index contributed by atoms with van der Waals surface area (Å²) in [5, 5.41) is 4.80. The van der Waals surface area contributed by atoms with Crippen molar-refractivity contribution in [2.75, 3.05) is 5.32 Å². The van der Waals surface area contributed by atoms with Gasteiger partial charge < -0.3 is 15.6 Å². The molecule has 29 heavy (non-hydrogen) atoms. The fourth-order valence-corrected chi connectivity index (χ4v) is 2.71. The van der Waals surface area contributed by atoms with Crippen molar-refractivity contribution in [2.45, 2.75) is 19.1 Å². The van der Waals surface area contributed by atoms with Crippen LogP contribution in [0.3, 0.4) is 0 Å². The van der Waals surface area contributed by atoms with Crippen LogP contribution in [0.5, 0.6) is 0 Å². The van der Waals surface area contributed by atoms with Gasteiger partial charge in [-0.25, -0.2) is 8.78 Å². The van der Waals surface area contributed by atoms with Crippen molar-refractivity contribution in [1.29, 1.82) is 0 Å². The highest BCUT2D eigenvalue weighted by Crippen LogP contribution is 2.30. The Hall–Kier alpha value is -3.43. The maximum absolute atomic E-state index is 13.4. The molecule has 3 aromatic rings. The molecule has 3 rings (SSSR count). The van der Waals surface area contributed by atoms with E-state index in [4.69, 9.17) is 0 Å². The van der Waals surface area contributed by atoms with Crippen molar-refractivity contribution in [3.63, 3.8) is 0 Å². The quantitative estimate of drug-likeness (QED) is 0.445. The van der Waals surface area contributed by atoms with Gasteiger partial charge >= 0.3 is 18.0 Å². The van der Waals surface area contributed by atoms with Crippen LogP contribution in [0.15, 0.2) is 42.6 Å². The summed E-state index contributed by atoms with van der Waals surface area (Å²) in [6.45, 7) is 1.50. The van der Waals surface area contributed by atoms with Crippen molar-refractivity contribution in [3.8, 4) is 0 Å². The van der Waals surface area contributed by atoms with E-state index < -0.39 is 41.2 Å². The largest absolute Gasteiger partial charge is 0.416 e. The van der Waals surface area contributed by atoms with E-state index in [2.05, 4.69) is 15.6 Å². The molecule has 0 aliphatic heterocycles. The first kappa shape index (κ1) is 20.3. The highest BCUT2D eigenvalue weighted by atomic mass is 19.4.